The predicted octanol–water partition coefficient (Wildman–Crippen LogP) is 2.49. The monoisotopic (exact) mass is 217 g/mol. The molecule has 2 nitrogen and oxygen atoms in total. The molecule has 0 amide bonds. The molecule has 2 rings (SSSR count). The lowest BCUT2D eigenvalue weighted by Gasteiger charge is -2.15. The highest BCUT2D eigenvalue weighted by Gasteiger charge is 2.18. The minimum atomic E-state index is -1.40. The summed E-state index contributed by atoms with van der Waals surface area (Å²) in [6.45, 7) is 6.75. The molecule has 0 unspecified atom stereocenters. The fourth-order valence-corrected chi connectivity index (χ4v) is 2.58. The van der Waals surface area contributed by atoms with Crippen molar-refractivity contribution in [3.63, 3.8) is 0 Å². The molecule has 2 aromatic rings. The van der Waals surface area contributed by atoms with Crippen molar-refractivity contribution < 1.29 is 5.11 Å². The van der Waals surface area contributed by atoms with Crippen LogP contribution in [-0.4, -0.2) is 18.2 Å². The first kappa shape index (κ1) is 10.2. The first-order valence-electron chi connectivity index (χ1n) is 5.08. The van der Waals surface area contributed by atoms with Crippen LogP contribution >= 0.6 is 0 Å². The van der Waals surface area contributed by atoms with Gasteiger partial charge in [0.15, 0.2) is 0 Å². The second kappa shape index (κ2) is 3.34. The lowest BCUT2D eigenvalue weighted by Crippen LogP contribution is -2.39. The van der Waals surface area contributed by atoms with Crippen molar-refractivity contribution in [2.24, 2.45) is 0 Å². The molecule has 0 aliphatic heterocycles. The first-order valence-corrected chi connectivity index (χ1v) is 8.58. The second-order valence-corrected chi connectivity index (χ2v) is 9.81. The van der Waals surface area contributed by atoms with Crippen molar-refractivity contribution in [1.82, 2.24) is 4.98 Å². The fourth-order valence-electron chi connectivity index (χ4n) is 1.55. The molecule has 0 fully saturated rings. The quantitative estimate of drug-likeness (QED) is 0.744. The van der Waals surface area contributed by atoms with E-state index in [1.54, 1.807) is 6.07 Å². The van der Waals surface area contributed by atoms with Crippen LogP contribution in [0.4, 0.5) is 0 Å². The molecule has 78 valence electrons. The largest absolute Gasteiger partial charge is 0.506 e. The number of fused-ring (bicyclic) bond motifs is 1. The zero-order chi connectivity index (χ0) is 11.1. The maximum atomic E-state index is 9.71. The third-order valence-corrected chi connectivity index (χ3v) is 4.28. The fraction of sp³-hybridized carbons (Fsp3) is 0.250. The van der Waals surface area contributed by atoms with Gasteiger partial charge in [-0.1, -0.05) is 37.8 Å². The molecule has 0 aliphatic carbocycles. The number of nitrogens with zero attached hydrogens (tertiary/aromatic N) is 1. The van der Waals surface area contributed by atoms with Gasteiger partial charge in [0.2, 0.25) is 0 Å². The van der Waals surface area contributed by atoms with Crippen molar-refractivity contribution in [2.45, 2.75) is 19.6 Å². The Labute approximate surface area is 90.6 Å². The molecular formula is C12H15NOSi. The number of hydrogen-bond acceptors (Lipinski definition) is 2. The Bertz CT molecular complexity index is 502. The summed E-state index contributed by atoms with van der Waals surface area (Å²) in [6.07, 6.45) is 0. The summed E-state index contributed by atoms with van der Waals surface area (Å²) < 4.78 is 0. The molecule has 1 N–H and O–H groups in total. The third kappa shape index (κ3) is 1.88. The van der Waals surface area contributed by atoms with Gasteiger partial charge in [0, 0.05) is 10.7 Å². The summed E-state index contributed by atoms with van der Waals surface area (Å²) in [4.78, 5) is 4.56. The number of benzene rings is 1. The van der Waals surface area contributed by atoms with E-state index in [1.165, 1.54) is 0 Å². The summed E-state index contributed by atoms with van der Waals surface area (Å²) >= 11 is 0. The van der Waals surface area contributed by atoms with E-state index in [2.05, 4.69) is 30.7 Å². The van der Waals surface area contributed by atoms with Crippen LogP contribution in [-0.2, 0) is 0 Å². The summed E-state index contributed by atoms with van der Waals surface area (Å²) in [5.74, 6) is 0.271. The minimum Gasteiger partial charge on any atom is -0.506 e. The average molecular weight is 217 g/mol. The Balaban J connectivity index is 2.70. The number of hydrogen-bond donors (Lipinski definition) is 1. The molecule has 15 heavy (non-hydrogen) atoms. The Morgan fingerprint density at radius 3 is 2.47 bits per heavy atom. The number of aromatic nitrogens is 1. The average Bonchev–Trinajstić information content (AvgIpc) is 2.16. The lowest BCUT2D eigenvalue weighted by molar-refractivity contribution is 0.480. The molecule has 0 radical (unpaired) electrons. The number of rotatable bonds is 1. The van der Waals surface area contributed by atoms with E-state index < -0.39 is 8.07 Å². The van der Waals surface area contributed by atoms with E-state index in [0.29, 0.717) is 0 Å². The van der Waals surface area contributed by atoms with E-state index in [4.69, 9.17) is 0 Å². The summed E-state index contributed by atoms with van der Waals surface area (Å²) in [7, 11) is -1.40. The van der Waals surface area contributed by atoms with Crippen molar-refractivity contribution >= 4 is 24.3 Å². The van der Waals surface area contributed by atoms with Crippen LogP contribution in [0.1, 0.15) is 0 Å². The van der Waals surface area contributed by atoms with Gasteiger partial charge in [-0.15, -0.1) is 0 Å². The Kier molecular flexibility index (Phi) is 2.27. The van der Waals surface area contributed by atoms with Gasteiger partial charge in [-0.05, 0) is 12.1 Å². The van der Waals surface area contributed by atoms with Crippen LogP contribution in [0.15, 0.2) is 30.3 Å². The number of aromatic hydroxyl groups is 1. The van der Waals surface area contributed by atoms with Gasteiger partial charge in [0.1, 0.15) is 19.3 Å². The number of pyridine rings is 1. The van der Waals surface area contributed by atoms with Crippen molar-refractivity contribution in [1.29, 1.82) is 0 Å². The Morgan fingerprint density at radius 2 is 1.80 bits per heavy atom. The molecular weight excluding hydrogens is 202 g/mol. The van der Waals surface area contributed by atoms with Crippen LogP contribution in [0.2, 0.25) is 19.6 Å². The number of para-hydroxylation sites is 1. The van der Waals surface area contributed by atoms with Crippen molar-refractivity contribution in [3.8, 4) is 5.75 Å². The third-order valence-electron chi connectivity index (χ3n) is 2.47. The van der Waals surface area contributed by atoms with E-state index in [-0.39, 0.29) is 5.75 Å². The summed E-state index contributed by atoms with van der Waals surface area (Å²) in [5.41, 5.74) is 0.720. The standard InChI is InChI=1S/C12H15NOSi/c1-15(2,3)11-8-7-9-5-4-6-10(14)12(9)13-11/h4-8,14H,1-3H3. The van der Waals surface area contributed by atoms with Gasteiger partial charge in [-0.3, -0.25) is 4.98 Å². The van der Waals surface area contributed by atoms with Gasteiger partial charge < -0.3 is 5.11 Å². The van der Waals surface area contributed by atoms with Crippen molar-refractivity contribution in [2.75, 3.05) is 0 Å². The van der Waals surface area contributed by atoms with Gasteiger partial charge in [-0.2, -0.15) is 0 Å². The van der Waals surface area contributed by atoms with E-state index in [9.17, 15) is 5.11 Å². The maximum Gasteiger partial charge on any atom is 0.141 e. The van der Waals surface area contributed by atoms with E-state index in [0.717, 1.165) is 16.2 Å². The highest BCUT2D eigenvalue weighted by Crippen LogP contribution is 2.21. The molecule has 3 heteroatoms. The van der Waals surface area contributed by atoms with Crippen LogP contribution in [0, 0.1) is 0 Å². The molecule has 0 spiro atoms. The highest BCUT2D eigenvalue weighted by molar-refractivity contribution is 6.88. The smallest absolute Gasteiger partial charge is 0.141 e. The number of phenols is 1. The molecule has 0 bridgehead atoms. The normalized spacial score (nSPS) is 11.9. The SMILES string of the molecule is C[Si](C)(C)c1ccc2cccc(O)c2n1. The Morgan fingerprint density at radius 1 is 1.07 bits per heavy atom. The van der Waals surface area contributed by atoms with Crippen LogP contribution in [0.25, 0.3) is 10.9 Å². The maximum absolute atomic E-state index is 9.71. The molecule has 1 aromatic carbocycles. The van der Waals surface area contributed by atoms with Crippen LogP contribution < -0.4 is 5.32 Å². The second-order valence-electron chi connectivity index (χ2n) is 4.80. The highest BCUT2D eigenvalue weighted by atomic mass is 28.3. The molecule has 1 heterocycles. The first-order chi connectivity index (χ1) is 6.98. The molecule has 0 saturated heterocycles. The predicted molar refractivity (Wildman–Crippen MR) is 66.4 cm³/mol. The molecule has 1 aromatic heterocycles. The van der Waals surface area contributed by atoms with Crippen LogP contribution in [0.5, 0.6) is 5.75 Å². The summed E-state index contributed by atoms with van der Waals surface area (Å²) in [6, 6.07) is 9.61. The zero-order valence-electron chi connectivity index (χ0n) is 9.28. The molecule has 0 atom stereocenters. The molecule has 0 aliphatic rings. The number of phenolic OH excluding ortho intramolecular Hbond substituents is 1. The van der Waals surface area contributed by atoms with Crippen LogP contribution in [0.3, 0.4) is 0 Å². The van der Waals surface area contributed by atoms with E-state index in [1.807, 2.05) is 18.2 Å². The van der Waals surface area contributed by atoms with Gasteiger partial charge >= 0.3 is 0 Å². The van der Waals surface area contributed by atoms with Gasteiger partial charge in [-0.25, -0.2) is 0 Å². The van der Waals surface area contributed by atoms with Gasteiger partial charge in [0.25, 0.3) is 0 Å². The molecule has 0 saturated carbocycles. The van der Waals surface area contributed by atoms with E-state index >= 15 is 0 Å². The Hall–Kier alpha value is -1.35. The van der Waals surface area contributed by atoms with Crippen molar-refractivity contribution in [3.05, 3.63) is 30.3 Å². The topological polar surface area (TPSA) is 33.1 Å². The summed E-state index contributed by atoms with van der Waals surface area (Å²) in [5, 5.41) is 11.8. The van der Waals surface area contributed by atoms with Gasteiger partial charge in [0.05, 0.1) is 0 Å². The minimum absolute atomic E-state index is 0.271. The lowest BCUT2D eigenvalue weighted by atomic mass is 10.2. The zero-order valence-corrected chi connectivity index (χ0v) is 10.3.